The molecule has 0 rings (SSSR count). The Morgan fingerprint density at radius 3 is 0.803 bits per heavy atom. The molecule has 0 spiro atoms. The van der Waals surface area contributed by atoms with E-state index >= 15 is 0 Å². The lowest BCUT2D eigenvalue weighted by Crippen LogP contribution is -2.58. The van der Waals surface area contributed by atoms with Gasteiger partial charge in [0.15, 0.2) is 0 Å². The van der Waals surface area contributed by atoms with Gasteiger partial charge in [-0.25, -0.2) is 0 Å². The minimum Gasteiger partial charge on any atom is -0.379 e. The first-order valence-electron chi connectivity index (χ1n) is 21.4. The molecule has 20 heteroatoms. The van der Waals surface area contributed by atoms with Gasteiger partial charge in [0.1, 0.15) is 24.4 Å². The summed E-state index contributed by atoms with van der Waals surface area (Å²) < 4.78 is 82.4. The second-order valence-corrected chi connectivity index (χ2v) is 13.0. The van der Waals surface area contributed by atoms with E-state index in [-0.39, 0.29) is 84.4 Å². The second kappa shape index (κ2) is 50.5. The Morgan fingerprint density at radius 1 is 0.344 bits per heavy atom. The van der Waals surface area contributed by atoms with E-state index in [4.69, 9.17) is 71.1 Å². The lowest BCUT2D eigenvalue weighted by atomic mass is 10.0. The van der Waals surface area contributed by atoms with Gasteiger partial charge in [-0.15, -0.1) is 0 Å². The van der Waals surface area contributed by atoms with E-state index in [9.17, 15) is 19.2 Å². The number of amides is 1. The second-order valence-electron chi connectivity index (χ2n) is 13.0. The summed E-state index contributed by atoms with van der Waals surface area (Å²) in [6, 6.07) is 0. The molecule has 0 aliphatic heterocycles. The van der Waals surface area contributed by atoms with Gasteiger partial charge in [-0.1, -0.05) is 6.92 Å². The first-order valence-corrected chi connectivity index (χ1v) is 21.4. The lowest BCUT2D eigenvalue weighted by molar-refractivity contribution is -0.129. The molecule has 1 amide bonds. The summed E-state index contributed by atoms with van der Waals surface area (Å²) in [5, 5.41) is 2.90. The molecule has 61 heavy (non-hydrogen) atoms. The molecular weight excluding hydrogens is 810 g/mol. The predicted molar refractivity (Wildman–Crippen MR) is 220 cm³/mol. The van der Waals surface area contributed by atoms with Gasteiger partial charge in [0.25, 0.3) is 0 Å². The monoisotopic (exact) mass is 888 g/mol. The standard InChI is InChI=1S/C41H77NO19/c1-2-10-47-15-17-49-19-21-51-23-25-53-27-29-55-31-33-57-35-36-58-34-32-56-30-28-54-26-24-52-22-20-50-18-16-48-14-6-40(46)42-41(37-59-11-3-7-43,38-60-12-4-8-44)39-61-13-5-9-45/h7-9H,2-6,10-39H2,1H3,(H,42,46). The van der Waals surface area contributed by atoms with Gasteiger partial charge in [0, 0.05) is 32.3 Å². The highest BCUT2D eigenvalue weighted by molar-refractivity contribution is 5.77. The van der Waals surface area contributed by atoms with Gasteiger partial charge in [-0.05, 0) is 6.42 Å². The van der Waals surface area contributed by atoms with E-state index in [1.54, 1.807) is 0 Å². The molecule has 0 aromatic carbocycles. The van der Waals surface area contributed by atoms with Crippen LogP contribution in [0.5, 0.6) is 0 Å². The maximum absolute atomic E-state index is 12.8. The van der Waals surface area contributed by atoms with E-state index in [0.717, 1.165) is 31.9 Å². The van der Waals surface area contributed by atoms with E-state index in [1.165, 1.54) is 0 Å². The molecule has 0 aromatic heterocycles. The van der Waals surface area contributed by atoms with Gasteiger partial charge >= 0.3 is 0 Å². The minimum atomic E-state index is -1.09. The molecule has 20 nitrogen and oxygen atoms in total. The van der Waals surface area contributed by atoms with Crippen molar-refractivity contribution in [1.82, 2.24) is 5.32 Å². The largest absolute Gasteiger partial charge is 0.379 e. The van der Waals surface area contributed by atoms with Crippen LogP contribution in [-0.4, -0.2) is 229 Å². The van der Waals surface area contributed by atoms with Gasteiger partial charge in [0.2, 0.25) is 5.91 Å². The van der Waals surface area contributed by atoms with Crippen molar-refractivity contribution >= 4 is 24.8 Å². The third-order valence-corrected chi connectivity index (χ3v) is 7.59. The van der Waals surface area contributed by atoms with Crippen LogP contribution in [0.2, 0.25) is 0 Å². The number of hydrogen-bond donors (Lipinski definition) is 1. The third-order valence-electron chi connectivity index (χ3n) is 7.59. The average Bonchev–Trinajstić information content (AvgIpc) is 3.26. The SMILES string of the molecule is CCCOCCOCCOCCOCCOCCOCCOCCOCCOCCOCCOCCOCCC(=O)NC(COCCC=O)(COCCC=O)COCCC=O. The highest BCUT2D eigenvalue weighted by Gasteiger charge is 2.33. The Hall–Kier alpha value is -2.12. The fraction of sp³-hybridized carbons (Fsp3) is 0.902. The topological polar surface area (TPSA) is 219 Å². The molecule has 0 heterocycles. The number of carbonyl (C=O) groups excluding carboxylic acids is 4. The van der Waals surface area contributed by atoms with Gasteiger partial charge in [-0.2, -0.15) is 0 Å². The van der Waals surface area contributed by atoms with Gasteiger partial charge in [-0.3, -0.25) is 4.79 Å². The maximum atomic E-state index is 12.8. The van der Waals surface area contributed by atoms with Crippen molar-refractivity contribution in [2.75, 3.05) is 198 Å². The highest BCUT2D eigenvalue weighted by atomic mass is 16.6. The van der Waals surface area contributed by atoms with Gasteiger partial charge in [0.05, 0.1) is 192 Å². The molecular formula is C41H77NO19. The Labute approximate surface area is 362 Å². The average molecular weight is 888 g/mol. The summed E-state index contributed by atoms with van der Waals surface area (Å²) >= 11 is 0. The van der Waals surface area contributed by atoms with Crippen molar-refractivity contribution in [3.05, 3.63) is 0 Å². The van der Waals surface area contributed by atoms with Crippen molar-refractivity contribution in [2.24, 2.45) is 0 Å². The van der Waals surface area contributed by atoms with E-state index in [1.807, 2.05) is 0 Å². The van der Waals surface area contributed by atoms with E-state index in [0.29, 0.717) is 139 Å². The predicted octanol–water partition coefficient (Wildman–Crippen LogP) is 0.658. The summed E-state index contributed by atoms with van der Waals surface area (Å²) in [6.07, 6.45) is 3.82. The molecule has 1 N–H and O–H groups in total. The smallest absolute Gasteiger partial charge is 0.222 e. The molecule has 0 saturated carbocycles. The van der Waals surface area contributed by atoms with Crippen molar-refractivity contribution in [1.29, 1.82) is 0 Å². The number of aldehydes is 3. The van der Waals surface area contributed by atoms with Crippen LogP contribution in [0.3, 0.4) is 0 Å². The maximum Gasteiger partial charge on any atom is 0.222 e. The summed E-state index contributed by atoms with van der Waals surface area (Å²) in [4.78, 5) is 44.9. The third kappa shape index (κ3) is 45.7. The van der Waals surface area contributed by atoms with Crippen molar-refractivity contribution < 1.29 is 90.2 Å². The molecule has 0 aliphatic carbocycles. The van der Waals surface area contributed by atoms with Crippen LogP contribution in [0.1, 0.15) is 39.0 Å². The molecule has 0 atom stereocenters. The normalized spacial score (nSPS) is 11.6. The number of nitrogens with one attached hydrogen (secondary N) is 1. The van der Waals surface area contributed by atoms with Crippen LogP contribution in [-0.2, 0) is 90.2 Å². The zero-order valence-corrected chi connectivity index (χ0v) is 36.7. The summed E-state index contributed by atoms with van der Waals surface area (Å²) in [5.74, 6) is -0.330. The number of hydrogen-bond acceptors (Lipinski definition) is 19. The highest BCUT2D eigenvalue weighted by Crippen LogP contribution is 2.11. The van der Waals surface area contributed by atoms with Crippen molar-refractivity contribution in [2.45, 2.75) is 44.6 Å². The van der Waals surface area contributed by atoms with Crippen molar-refractivity contribution in [3.8, 4) is 0 Å². The molecule has 0 radical (unpaired) electrons. The van der Waals surface area contributed by atoms with Crippen LogP contribution in [0.25, 0.3) is 0 Å². The first kappa shape index (κ1) is 58.9. The molecule has 0 aliphatic rings. The van der Waals surface area contributed by atoms with Gasteiger partial charge < -0.3 is 90.8 Å². The molecule has 360 valence electrons. The Kier molecular flexibility index (Phi) is 48.8. The quantitative estimate of drug-likeness (QED) is 0.0655. The lowest BCUT2D eigenvalue weighted by Gasteiger charge is -2.34. The van der Waals surface area contributed by atoms with Crippen molar-refractivity contribution in [3.63, 3.8) is 0 Å². The van der Waals surface area contributed by atoms with Crippen LogP contribution in [0.15, 0.2) is 0 Å². The van der Waals surface area contributed by atoms with Crippen LogP contribution >= 0.6 is 0 Å². The molecule has 0 aromatic rings. The van der Waals surface area contributed by atoms with E-state index < -0.39 is 5.54 Å². The molecule has 0 bridgehead atoms. The summed E-state index contributed by atoms with van der Waals surface area (Å²) in [6.45, 7) is 13.8. The fourth-order valence-electron chi connectivity index (χ4n) is 4.62. The Balaban J connectivity index is 3.59. The molecule has 0 unspecified atom stereocenters. The number of ether oxygens (including phenoxy) is 15. The Bertz CT molecular complexity index is 897. The Morgan fingerprint density at radius 2 is 0.574 bits per heavy atom. The number of carbonyl (C=O) groups is 4. The first-order chi connectivity index (χ1) is 30.1. The summed E-state index contributed by atoms with van der Waals surface area (Å²) in [7, 11) is 0. The minimum absolute atomic E-state index is 0.00323. The molecule has 0 saturated heterocycles. The van der Waals surface area contributed by atoms with Crippen LogP contribution < -0.4 is 5.32 Å². The zero-order valence-electron chi connectivity index (χ0n) is 36.7. The number of rotatable bonds is 54. The molecule has 0 fully saturated rings. The van der Waals surface area contributed by atoms with Crippen LogP contribution in [0.4, 0.5) is 0 Å². The zero-order chi connectivity index (χ0) is 44.3. The van der Waals surface area contributed by atoms with Crippen LogP contribution in [0, 0.1) is 0 Å². The summed E-state index contributed by atoms with van der Waals surface area (Å²) in [5.41, 5.74) is -1.09. The fourth-order valence-corrected chi connectivity index (χ4v) is 4.62. The van der Waals surface area contributed by atoms with E-state index in [2.05, 4.69) is 12.2 Å².